The molecule has 92 valence electrons. The maximum absolute atomic E-state index is 11.0. The molecule has 1 saturated heterocycles. The van der Waals surface area contributed by atoms with Crippen molar-refractivity contribution in [2.24, 2.45) is 0 Å². The smallest absolute Gasteiger partial charge is 0.170 e. The highest BCUT2D eigenvalue weighted by molar-refractivity contribution is 5.74. The van der Waals surface area contributed by atoms with Crippen molar-refractivity contribution in [3.63, 3.8) is 0 Å². The molecule has 0 spiro atoms. The second-order valence-corrected chi connectivity index (χ2v) is 4.66. The second-order valence-electron chi connectivity index (χ2n) is 4.66. The lowest BCUT2D eigenvalue weighted by molar-refractivity contribution is 0.101. The molecule has 1 fully saturated rings. The van der Waals surface area contributed by atoms with Crippen LogP contribution < -0.4 is 5.32 Å². The van der Waals surface area contributed by atoms with Crippen molar-refractivity contribution in [1.29, 1.82) is 0 Å². The number of aldehydes is 1. The molecule has 0 saturated carbocycles. The minimum Gasteiger partial charge on any atom is -0.375 e. The molecule has 3 rings (SSSR count). The summed E-state index contributed by atoms with van der Waals surface area (Å²) in [5.74, 6) is 0. The number of ether oxygens (including phenoxy) is 1. The second kappa shape index (κ2) is 4.58. The molecule has 3 heterocycles. The Bertz CT molecular complexity index is 422. The van der Waals surface area contributed by atoms with Crippen molar-refractivity contribution in [2.45, 2.75) is 31.9 Å². The van der Waals surface area contributed by atoms with Gasteiger partial charge >= 0.3 is 0 Å². The van der Waals surface area contributed by atoms with Crippen LogP contribution in [0.3, 0.4) is 0 Å². The number of hydrogen-bond donors (Lipinski definition) is 1. The largest absolute Gasteiger partial charge is 0.375 e. The highest BCUT2D eigenvalue weighted by atomic mass is 16.5. The van der Waals surface area contributed by atoms with E-state index < -0.39 is 0 Å². The predicted octanol–water partition coefficient (Wildman–Crippen LogP) is 0.693. The van der Waals surface area contributed by atoms with E-state index in [0.717, 1.165) is 49.9 Å². The van der Waals surface area contributed by atoms with Crippen molar-refractivity contribution in [3.05, 3.63) is 17.0 Å². The molecule has 0 aliphatic carbocycles. The quantitative estimate of drug-likeness (QED) is 0.766. The Labute approximate surface area is 100 Å². The van der Waals surface area contributed by atoms with E-state index in [1.807, 2.05) is 4.68 Å². The number of carbonyl (C=O) groups excluding carboxylic acids is 1. The van der Waals surface area contributed by atoms with Crippen LogP contribution in [0, 0.1) is 0 Å². The van der Waals surface area contributed by atoms with Crippen molar-refractivity contribution >= 4 is 6.29 Å². The number of fused-ring (bicyclic) bond motifs is 1. The van der Waals surface area contributed by atoms with E-state index in [-0.39, 0.29) is 0 Å². The summed E-state index contributed by atoms with van der Waals surface area (Å²) in [4.78, 5) is 11.0. The summed E-state index contributed by atoms with van der Waals surface area (Å²) in [7, 11) is 0. The van der Waals surface area contributed by atoms with Gasteiger partial charge in [0.15, 0.2) is 6.29 Å². The van der Waals surface area contributed by atoms with Crippen LogP contribution in [-0.4, -0.2) is 35.8 Å². The number of hydrogen-bond acceptors (Lipinski definition) is 4. The fraction of sp³-hybridized carbons (Fsp3) is 0.667. The van der Waals surface area contributed by atoms with E-state index in [1.54, 1.807) is 0 Å². The number of carbonyl (C=O) groups is 1. The van der Waals surface area contributed by atoms with E-state index in [1.165, 1.54) is 0 Å². The minimum atomic E-state index is 0.417. The van der Waals surface area contributed by atoms with E-state index in [0.29, 0.717) is 24.9 Å². The van der Waals surface area contributed by atoms with Crippen LogP contribution in [0.5, 0.6) is 0 Å². The zero-order valence-corrected chi connectivity index (χ0v) is 9.82. The van der Waals surface area contributed by atoms with E-state index in [4.69, 9.17) is 4.74 Å². The average molecular weight is 235 g/mol. The predicted molar refractivity (Wildman–Crippen MR) is 62.1 cm³/mol. The Kier molecular flexibility index (Phi) is 2.94. The maximum atomic E-state index is 11.0. The summed E-state index contributed by atoms with van der Waals surface area (Å²) >= 11 is 0. The third kappa shape index (κ3) is 1.89. The van der Waals surface area contributed by atoms with E-state index >= 15 is 0 Å². The van der Waals surface area contributed by atoms with Crippen LogP contribution in [-0.2, 0) is 17.8 Å². The summed E-state index contributed by atoms with van der Waals surface area (Å²) in [5, 5.41) is 7.82. The Morgan fingerprint density at radius 1 is 1.41 bits per heavy atom. The van der Waals surface area contributed by atoms with Crippen LogP contribution in [0.4, 0.5) is 0 Å². The lowest BCUT2D eigenvalue weighted by Gasteiger charge is -2.25. The van der Waals surface area contributed by atoms with Crippen LogP contribution in [0.25, 0.3) is 0 Å². The van der Waals surface area contributed by atoms with Gasteiger partial charge in [-0.3, -0.25) is 9.48 Å². The number of aromatic nitrogens is 2. The first-order chi connectivity index (χ1) is 8.40. The number of nitrogens with one attached hydrogen (secondary N) is 1. The molecule has 17 heavy (non-hydrogen) atoms. The van der Waals surface area contributed by atoms with Crippen LogP contribution >= 0.6 is 0 Å². The van der Waals surface area contributed by atoms with Gasteiger partial charge in [-0.1, -0.05) is 0 Å². The SMILES string of the molecule is O=Cc1nn(C2CCNCC2)c2c1CCOC2. The van der Waals surface area contributed by atoms with Gasteiger partial charge in [0.25, 0.3) is 0 Å². The summed E-state index contributed by atoms with van der Waals surface area (Å²) in [5.41, 5.74) is 2.83. The van der Waals surface area contributed by atoms with Gasteiger partial charge in [-0.2, -0.15) is 5.10 Å². The van der Waals surface area contributed by atoms with Gasteiger partial charge in [-0.05, 0) is 32.4 Å². The van der Waals surface area contributed by atoms with Crippen LogP contribution in [0.1, 0.15) is 40.6 Å². The zero-order valence-electron chi connectivity index (χ0n) is 9.82. The summed E-state index contributed by atoms with van der Waals surface area (Å²) in [6, 6.07) is 0.417. The first-order valence-corrected chi connectivity index (χ1v) is 6.24. The third-order valence-corrected chi connectivity index (χ3v) is 3.65. The molecule has 1 aromatic rings. The molecule has 0 bridgehead atoms. The van der Waals surface area contributed by atoms with E-state index in [9.17, 15) is 4.79 Å². The van der Waals surface area contributed by atoms with Crippen molar-refractivity contribution < 1.29 is 9.53 Å². The highest BCUT2D eigenvalue weighted by Gasteiger charge is 2.25. The number of nitrogens with zero attached hydrogens (tertiary/aromatic N) is 2. The fourth-order valence-corrected chi connectivity index (χ4v) is 2.74. The molecule has 2 aliphatic rings. The standard InChI is InChI=1S/C12H17N3O2/c16-7-11-10-3-6-17-8-12(10)15(14-11)9-1-4-13-5-2-9/h7,9,13H,1-6,8H2. The maximum Gasteiger partial charge on any atom is 0.170 e. The summed E-state index contributed by atoms with van der Waals surface area (Å²) in [6.07, 6.45) is 3.84. The Balaban J connectivity index is 1.97. The van der Waals surface area contributed by atoms with Gasteiger partial charge in [0, 0.05) is 5.56 Å². The molecule has 0 radical (unpaired) electrons. The lowest BCUT2D eigenvalue weighted by atomic mass is 10.0. The van der Waals surface area contributed by atoms with Crippen molar-refractivity contribution in [3.8, 4) is 0 Å². The van der Waals surface area contributed by atoms with E-state index in [2.05, 4.69) is 10.4 Å². The van der Waals surface area contributed by atoms with Crippen LogP contribution in [0.2, 0.25) is 0 Å². The zero-order chi connectivity index (χ0) is 11.7. The molecular weight excluding hydrogens is 218 g/mol. The first kappa shape index (κ1) is 10.9. The molecule has 1 aromatic heterocycles. The molecule has 0 unspecified atom stereocenters. The van der Waals surface area contributed by atoms with Gasteiger partial charge in [0.05, 0.1) is 24.9 Å². The van der Waals surface area contributed by atoms with Crippen molar-refractivity contribution in [1.82, 2.24) is 15.1 Å². The summed E-state index contributed by atoms with van der Waals surface area (Å²) < 4.78 is 7.53. The molecule has 0 aromatic carbocycles. The Hall–Kier alpha value is -1.20. The van der Waals surface area contributed by atoms with Gasteiger partial charge in [0.2, 0.25) is 0 Å². The molecule has 5 heteroatoms. The Morgan fingerprint density at radius 2 is 2.24 bits per heavy atom. The van der Waals surface area contributed by atoms with Gasteiger partial charge < -0.3 is 10.1 Å². The monoisotopic (exact) mass is 235 g/mol. The van der Waals surface area contributed by atoms with Crippen LogP contribution in [0.15, 0.2) is 0 Å². The topological polar surface area (TPSA) is 56.2 Å². The highest BCUT2D eigenvalue weighted by Crippen LogP contribution is 2.26. The van der Waals surface area contributed by atoms with Gasteiger partial charge in [-0.15, -0.1) is 0 Å². The molecular formula is C12H17N3O2. The number of piperidine rings is 1. The van der Waals surface area contributed by atoms with Gasteiger partial charge in [0.1, 0.15) is 5.69 Å². The normalized spacial score (nSPS) is 21.2. The van der Waals surface area contributed by atoms with Gasteiger partial charge in [-0.25, -0.2) is 0 Å². The fourth-order valence-electron chi connectivity index (χ4n) is 2.74. The first-order valence-electron chi connectivity index (χ1n) is 6.24. The molecule has 0 atom stereocenters. The third-order valence-electron chi connectivity index (χ3n) is 3.65. The average Bonchev–Trinajstić information content (AvgIpc) is 2.78. The molecule has 1 N–H and O–H groups in total. The molecule has 0 amide bonds. The van der Waals surface area contributed by atoms with Crippen molar-refractivity contribution in [2.75, 3.05) is 19.7 Å². The summed E-state index contributed by atoms with van der Waals surface area (Å²) in [6.45, 7) is 3.35. The number of rotatable bonds is 2. The minimum absolute atomic E-state index is 0.417. The molecule has 2 aliphatic heterocycles. The molecule has 5 nitrogen and oxygen atoms in total. The lowest BCUT2D eigenvalue weighted by Crippen LogP contribution is -2.31. The Morgan fingerprint density at radius 3 is 3.00 bits per heavy atom.